The predicted octanol–water partition coefficient (Wildman–Crippen LogP) is 3.88. The Morgan fingerprint density at radius 1 is 1.03 bits per heavy atom. The maximum absolute atomic E-state index is 12.9. The number of hydrogen-bond donors (Lipinski definition) is 3. The largest absolute Gasteiger partial charge is 0.495 e. The van der Waals surface area contributed by atoms with E-state index < -0.39 is 15.9 Å². The van der Waals surface area contributed by atoms with Crippen molar-refractivity contribution in [2.75, 3.05) is 23.8 Å². The van der Waals surface area contributed by atoms with Gasteiger partial charge >= 0.3 is 0 Å². The van der Waals surface area contributed by atoms with Crippen LogP contribution in [0.25, 0.3) is 0 Å². The van der Waals surface area contributed by atoms with Crippen LogP contribution < -0.4 is 20.2 Å². The molecule has 0 aromatic heterocycles. The first-order chi connectivity index (χ1) is 16.8. The third-order valence-electron chi connectivity index (χ3n) is 5.02. The molecule has 0 aliphatic rings. The Hall–Kier alpha value is -4.07. The van der Waals surface area contributed by atoms with Gasteiger partial charge in [0, 0.05) is 6.54 Å². The molecule has 1 amide bonds. The second-order valence-electron chi connectivity index (χ2n) is 7.46. The molecule has 188 valence electrons. The second-order valence-corrected chi connectivity index (χ2v) is 9.14. The van der Waals surface area contributed by atoms with Crippen LogP contribution in [0.4, 0.5) is 11.4 Å². The molecule has 0 saturated heterocycles. The van der Waals surface area contributed by atoms with Crippen molar-refractivity contribution in [1.29, 1.82) is 5.26 Å². The lowest BCUT2D eigenvalue weighted by Crippen LogP contribution is -2.32. The van der Waals surface area contributed by atoms with Crippen LogP contribution in [0, 0.1) is 18.3 Å². The highest BCUT2D eigenvalue weighted by Crippen LogP contribution is 2.27. The average Bonchev–Trinajstić information content (AvgIpc) is 2.86. The minimum Gasteiger partial charge on any atom is -0.495 e. The molecule has 0 radical (unpaired) electrons. The molecule has 0 atom stereocenters. The summed E-state index contributed by atoms with van der Waals surface area (Å²) in [6.07, 6.45) is 0.608. The summed E-state index contributed by atoms with van der Waals surface area (Å²) in [4.78, 5) is 12.3. The van der Waals surface area contributed by atoms with Crippen molar-refractivity contribution in [3.63, 3.8) is 0 Å². The van der Waals surface area contributed by atoms with Crippen LogP contribution in [0.3, 0.4) is 0 Å². The number of carbonyl (C=O) groups excluding carboxylic acids is 1. The third kappa shape index (κ3) is 7.46. The van der Waals surface area contributed by atoms with E-state index in [1.165, 1.54) is 19.2 Å². The van der Waals surface area contributed by atoms with Crippen LogP contribution in [0.2, 0.25) is 0 Å². The number of methoxy groups -OCH3 is 1. The maximum Gasteiger partial charge on any atom is 0.282 e. The molecule has 0 aliphatic carbocycles. The number of rotatable bonds is 10. The van der Waals surface area contributed by atoms with Gasteiger partial charge in [-0.1, -0.05) is 48.5 Å². The van der Waals surface area contributed by atoms with Gasteiger partial charge in [0.2, 0.25) is 5.71 Å². The van der Waals surface area contributed by atoms with Gasteiger partial charge in [0.05, 0.1) is 23.4 Å². The molecule has 11 heteroatoms. The fourth-order valence-corrected chi connectivity index (χ4v) is 4.21. The molecule has 3 rings (SSSR count). The van der Waals surface area contributed by atoms with Gasteiger partial charge in [0.25, 0.3) is 15.9 Å². The van der Waals surface area contributed by atoms with Crippen molar-refractivity contribution in [3.8, 4) is 11.8 Å². The Morgan fingerprint density at radius 2 is 1.72 bits per heavy atom. The Bertz CT molecular complexity index is 1370. The quantitative estimate of drug-likeness (QED) is 0.271. The molecule has 36 heavy (non-hydrogen) atoms. The molecule has 0 heterocycles. The standard InChI is InChI=1S/C25H25N5O4S.ClH/c1-18-12-13-20(35(32,33)30-21-10-6-7-11-24(21)34-2)16-22(18)28-29-23(17-26)25(31)27-15-14-19-8-4-3-5-9-19;/h3-13,16,28,30H,14-15H2,1-2H3,(H,27,31);1H. The molecule has 0 bridgehead atoms. The molecular weight excluding hydrogens is 502 g/mol. The summed E-state index contributed by atoms with van der Waals surface area (Å²) >= 11 is 0. The van der Waals surface area contributed by atoms with E-state index in [4.69, 9.17) is 4.74 Å². The molecule has 0 spiro atoms. The number of nitrogens with one attached hydrogen (secondary N) is 3. The fourth-order valence-electron chi connectivity index (χ4n) is 3.11. The number of benzene rings is 3. The average molecular weight is 528 g/mol. The Labute approximate surface area is 216 Å². The number of ether oxygens (including phenoxy) is 1. The van der Waals surface area contributed by atoms with Gasteiger partial charge in [0.15, 0.2) is 0 Å². The number of nitriles is 1. The van der Waals surface area contributed by atoms with Gasteiger partial charge < -0.3 is 10.1 Å². The first kappa shape index (κ1) is 28.2. The monoisotopic (exact) mass is 527 g/mol. The van der Waals surface area contributed by atoms with Gasteiger partial charge in [-0.25, -0.2) is 8.42 Å². The van der Waals surface area contributed by atoms with Crippen LogP contribution in [0.15, 0.2) is 82.8 Å². The highest BCUT2D eigenvalue weighted by atomic mass is 35.5. The summed E-state index contributed by atoms with van der Waals surface area (Å²) in [6.45, 7) is 2.08. The fraction of sp³-hybridized carbons (Fsp3) is 0.160. The number of hydrazone groups is 1. The maximum atomic E-state index is 12.9. The summed E-state index contributed by atoms with van der Waals surface area (Å²) in [5.41, 5.74) is 4.61. The molecule has 0 aliphatic heterocycles. The van der Waals surface area contributed by atoms with Crippen LogP contribution in [0.5, 0.6) is 5.75 Å². The Morgan fingerprint density at radius 3 is 2.42 bits per heavy atom. The number of halogens is 1. The zero-order valence-electron chi connectivity index (χ0n) is 19.7. The van der Waals surface area contributed by atoms with Gasteiger partial charge in [-0.15, -0.1) is 12.4 Å². The second kappa shape index (κ2) is 13.1. The summed E-state index contributed by atoms with van der Waals surface area (Å²) in [6, 6.07) is 22.4. The lowest BCUT2D eigenvalue weighted by molar-refractivity contribution is -0.114. The van der Waals surface area contributed by atoms with E-state index in [1.54, 1.807) is 43.3 Å². The number of aryl methyl sites for hydroxylation is 1. The van der Waals surface area contributed by atoms with E-state index in [0.29, 0.717) is 35.7 Å². The van der Waals surface area contributed by atoms with Gasteiger partial charge in [-0.2, -0.15) is 10.4 Å². The number of amides is 1. The van der Waals surface area contributed by atoms with E-state index in [9.17, 15) is 18.5 Å². The number of sulfonamides is 1. The van der Waals surface area contributed by atoms with Crippen molar-refractivity contribution in [2.24, 2.45) is 5.10 Å². The molecule has 0 fully saturated rings. The molecule has 3 aromatic carbocycles. The van der Waals surface area contributed by atoms with Crippen LogP contribution in [-0.4, -0.2) is 33.7 Å². The van der Waals surface area contributed by atoms with E-state index in [1.807, 2.05) is 30.3 Å². The molecule has 0 unspecified atom stereocenters. The topological polar surface area (TPSA) is 133 Å². The smallest absolute Gasteiger partial charge is 0.282 e. The lowest BCUT2D eigenvalue weighted by atomic mass is 10.1. The first-order valence-corrected chi connectivity index (χ1v) is 12.1. The predicted molar refractivity (Wildman–Crippen MR) is 142 cm³/mol. The number of hydrogen-bond acceptors (Lipinski definition) is 7. The van der Waals surface area contributed by atoms with Crippen molar-refractivity contribution in [1.82, 2.24) is 5.32 Å². The van der Waals surface area contributed by atoms with Crippen molar-refractivity contribution in [2.45, 2.75) is 18.2 Å². The lowest BCUT2D eigenvalue weighted by Gasteiger charge is -2.13. The summed E-state index contributed by atoms with van der Waals surface area (Å²) < 4.78 is 33.5. The van der Waals surface area contributed by atoms with Crippen molar-refractivity contribution in [3.05, 3.63) is 83.9 Å². The van der Waals surface area contributed by atoms with Crippen LogP contribution in [0.1, 0.15) is 11.1 Å². The zero-order valence-corrected chi connectivity index (χ0v) is 21.3. The number of anilines is 2. The van der Waals surface area contributed by atoms with Crippen molar-refractivity contribution < 1.29 is 17.9 Å². The normalized spacial score (nSPS) is 11.0. The summed E-state index contributed by atoms with van der Waals surface area (Å²) in [7, 11) is -2.50. The minimum atomic E-state index is -3.95. The van der Waals surface area contributed by atoms with E-state index in [0.717, 1.165) is 5.56 Å². The molecule has 9 nitrogen and oxygen atoms in total. The SMILES string of the molecule is COc1ccccc1NS(=O)(=O)c1ccc(C)c(NN=C(C#N)C(=O)NCCc2ccccc2)c1.Cl. The number of para-hydroxylation sites is 2. The summed E-state index contributed by atoms with van der Waals surface area (Å²) in [5, 5.41) is 15.9. The highest BCUT2D eigenvalue weighted by Gasteiger charge is 2.18. The molecule has 3 N–H and O–H groups in total. The molecular formula is C25H26ClN5O4S. The first-order valence-electron chi connectivity index (χ1n) is 10.7. The van der Waals surface area contributed by atoms with Crippen molar-refractivity contribution >= 4 is 45.4 Å². The van der Waals surface area contributed by atoms with Crippen LogP contribution >= 0.6 is 12.4 Å². The van der Waals surface area contributed by atoms with Crippen LogP contribution in [-0.2, 0) is 21.2 Å². The number of nitrogens with zero attached hydrogens (tertiary/aromatic N) is 2. The van der Waals surface area contributed by atoms with E-state index in [2.05, 4.69) is 20.6 Å². The van der Waals surface area contributed by atoms with E-state index in [-0.39, 0.29) is 23.0 Å². The highest BCUT2D eigenvalue weighted by molar-refractivity contribution is 7.92. The third-order valence-corrected chi connectivity index (χ3v) is 6.39. The minimum absolute atomic E-state index is 0. The zero-order chi connectivity index (χ0) is 25.3. The van der Waals surface area contributed by atoms with Gasteiger partial charge in [-0.3, -0.25) is 14.9 Å². The summed E-state index contributed by atoms with van der Waals surface area (Å²) in [5.74, 6) is -0.252. The molecule has 3 aromatic rings. The Kier molecular flexibility index (Phi) is 10.3. The number of carbonyl (C=O) groups is 1. The molecule has 0 saturated carbocycles. The van der Waals surface area contributed by atoms with Gasteiger partial charge in [0.1, 0.15) is 11.8 Å². The van der Waals surface area contributed by atoms with Gasteiger partial charge in [-0.05, 0) is 48.7 Å². The van der Waals surface area contributed by atoms with E-state index >= 15 is 0 Å². The Balaban J connectivity index is 0.00000456.